The second kappa shape index (κ2) is 6.33. The van der Waals surface area contributed by atoms with E-state index in [0.29, 0.717) is 19.6 Å². The standard InChI is InChI=1S/C14H18N2O3/c1-19-8-7-16-10-13(17)15-12(14(16)18)9-11-5-3-2-4-6-11/h2-6,12H,7-10H2,1H3,(H,15,17). The molecule has 1 aromatic carbocycles. The van der Waals surface area contributed by atoms with Crippen LogP contribution in [-0.4, -0.2) is 49.6 Å². The molecule has 1 heterocycles. The Morgan fingerprint density at radius 2 is 2.05 bits per heavy atom. The molecule has 2 rings (SSSR count). The number of rotatable bonds is 5. The van der Waals surface area contributed by atoms with Gasteiger partial charge in [-0.2, -0.15) is 0 Å². The molecular formula is C14H18N2O3. The molecule has 1 aliphatic rings. The normalized spacial score (nSPS) is 19.4. The summed E-state index contributed by atoms with van der Waals surface area (Å²) in [6, 6.07) is 9.21. The highest BCUT2D eigenvalue weighted by Gasteiger charge is 2.32. The molecule has 1 saturated heterocycles. The molecular weight excluding hydrogens is 244 g/mol. The van der Waals surface area contributed by atoms with Crippen molar-refractivity contribution in [2.45, 2.75) is 12.5 Å². The minimum atomic E-state index is -0.472. The van der Waals surface area contributed by atoms with Crippen LogP contribution in [-0.2, 0) is 20.7 Å². The Kier molecular flexibility index (Phi) is 4.52. The summed E-state index contributed by atoms with van der Waals surface area (Å²) in [7, 11) is 1.58. The zero-order valence-electron chi connectivity index (χ0n) is 11.0. The molecule has 5 nitrogen and oxygen atoms in total. The summed E-state index contributed by atoms with van der Waals surface area (Å²) in [5.41, 5.74) is 1.04. The van der Waals surface area contributed by atoms with Crippen LogP contribution in [0, 0.1) is 0 Å². The predicted molar refractivity (Wildman–Crippen MR) is 70.5 cm³/mol. The van der Waals surface area contributed by atoms with Crippen LogP contribution < -0.4 is 5.32 Å². The van der Waals surface area contributed by atoms with Crippen molar-refractivity contribution in [2.75, 3.05) is 26.8 Å². The van der Waals surface area contributed by atoms with Gasteiger partial charge in [-0.3, -0.25) is 9.59 Å². The third-order valence-corrected chi connectivity index (χ3v) is 3.13. The molecule has 1 aliphatic heterocycles. The Morgan fingerprint density at radius 3 is 2.74 bits per heavy atom. The van der Waals surface area contributed by atoms with Crippen LogP contribution in [0.2, 0.25) is 0 Å². The van der Waals surface area contributed by atoms with Crippen LogP contribution in [0.3, 0.4) is 0 Å². The summed E-state index contributed by atoms with van der Waals surface area (Å²) in [5.74, 6) is -0.155. The fraction of sp³-hybridized carbons (Fsp3) is 0.429. The van der Waals surface area contributed by atoms with Gasteiger partial charge in [-0.15, -0.1) is 0 Å². The average molecular weight is 262 g/mol. The molecule has 1 fully saturated rings. The van der Waals surface area contributed by atoms with Gasteiger partial charge in [0.1, 0.15) is 6.04 Å². The molecule has 1 unspecified atom stereocenters. The molecule has 102 valence electrons. The highest BCUT2D eigenvalue weighted by Crippen LogP contribution is 2.09. The van der Waals surface area contributed by atoms with Crippen LogP contribution in [0.15, 0.2) is 30.3 Å². The van der Waals surface area contributed by atoms with Gasteiger partial charge >= 0.3 is 0 Å². The first-order valence-electron chi connectivity index (χ1n) is 6.31. The van der Waals surface area contributed by atoms with Gasteiger partial charge in [0.15, 0.2) is 0 Å². The Morgan fingerprint density at radius 1 is 1.32 bits per heavy atom. The molecule has 0 bridgehead atoms. The number of nitrogens with zero attached hydrogens (tertiary/aromatic N) is 1. The summed E-state index contributed by atoms with van der Waals surface area (Å²) in [6.45, 7) is 1.01. The van der Waals surface area contributed by atoms with E-state index in [1.807, 2.05) is 30.3 Å². The van der Waals surface area contributed by atoms with Crippen molar-refractivity contribution in [3.05, 3.63) is 35.9 Å². The Hall–Kier alpha value is -1.88. The van der Waals surface area contributed by atoms with Crippen LogP contribution >= 0.6 is 0 Å². The second-order valence-electron chi connectivity index (χ2n) is 4.56. The largest absolute Gasteiger partial charge is 0.383 e. The lowest BCUT2D eigenvalue weighted by Gasteiger charge is -2.32. The number of hydrogen-bond acceptors (Lipinski definition) is 3. The van der Waals surface area contributed by atoms with Crippen molar-refractivity contribution in [1.82, 2.24) is 10.2 Å². The highest BCUT2D eigenvalue weighted by atomic mass is 16.5. The minimum absolute atomic E-state index is 0.0412. The first kappa shape index (κ1) is 13.5. The molecule has 0 aromatic heterocycles. The van der Waals surface area contributed by atoms with Crippen molar-refractivity contribution < 1.29 is 14.3 Å². The summed E-state index contributed by atoms with van der Waals surface area (Å²) >= 11 is 0. The quantitative estimate of drug-likeness (QED) is 0.825. The summed E-state index contributed by atoms with van der Waals surface area (Å²) < 4.78 is 4.96. The number of benzene rings is 1. The zero-order valence-corrected chi connectivity index (χ0v) is 11.0. The SMILES string of the molecule is COCCN1CC(=O)NC(Cc2ccccc2)C1=O. The molecule has 0 saturated carbocycles. The van der Waals surface area contributed by atoms with E-state index in [-0.39, 0.29) is 18.4 Å². The molecule has 0 radical (unpaired) electrons. The Balaban J connectivity index is 2.03. The fourth-order valence-electron chi connectivity index (χ4n) is 2.15. The fourth-order valence-corrected chi connectivity index (χ4v) is 2.15. The van der Waals surface area contributed by atoms with Crippen molar-refractivity contribution >= 4 is 11.8 Å². The maximum Gasteiger partial charge on any atom is 0.246 e. The van der Waals surface area contributed by atoms with Crippen LogP contribution in [0.1, 0.15) is 5.56 Å². The maximum atomic E-state index is 12.2. The molecule has 1 aromatic rings. The van der Waals surface area contributed by atoms with Crippen LogP contribution in [0.25, 0.3) is 0 Å². The van der Waals surface area contributed by atoms with E-state index in [0.717, 1.165) is 5.56 Å². The molecule has 2 amide bonds. The smallest absolute Gasteiger partial charge is 0.246 e. The lowest BCUT2D eigenvalue weighted by atomic mass is 10.0. The van der Waals surface area contributed by atoms with Crippen molar-refractivity contribution in [2.24, 2.45) is 0 Å². The minimum Gasteiger partial charge on any atom is -0.383 e. The van der Waals surface area contributed by atoms with Gasteiger partial charge in [0, 0.05) is 20.1 Å². The summed E-state index contributed by atoms with van der Waals surface area (Å²) in [6.07, 6.45) is 0.523. The van der Waals surface area contributed by atoms with E-state index < -0.39 is 6.04 Å². The van der Waals surface area contributed by atoms with Gasteiger partial charge in [-0.1, -0.05) is 30.3 Å². The van der Waals surface area contributed by atoms with E-state index in [1.165, 1.54) is 0 Å². The summed E-state index contributed by atoms with van der Waals surface area (Å²) in [5, 5.41) is 2.75. The van der Waals surface area contributed by atoms with E-state index in [1.54, 1.807) is 12.0 Å². The first-order valence-corrected chi connectivity index (χ1v) is 6.31. The molecule has 19 heavy (non-hydrogen) atoms. The number of amides is 2. The number of ether oxygens (including phenoxy) is 1. The number of carbonyl (C=O) groups excluding carboxylic acids is 2. The van der Waals surface area contributed by atoms with Gasteiger partial charge < -0.3 is 15.0 Å². The number of methoxy groups -OCH3 is 1. The van der Waals surface area contributed by atoms with Gasteiger partial charge in [-0.05, 0) is 5.56 Å². The van der Waals surface area contributed by atoms with Gasteiger partial charge in [0.25, 0.3) is 0 Å². The summed E-state index contributed by atoms with van der Waals surface area (Å²) in [4.78, 5) is 25.4. The van der Waals surface area contributed by atoms with Crippen LogP contribution in [0.4, 0.5) is 0 Å². The molecule has 5 heteroatoms. The third kappa shape index (κ3) is 3.54. The van der Waals surface area contributed by atoms with Gasteiger partial charge in [0.2, 0.25) is 11.8 Å². The first-order chi connectivity index (χ1) is 9.20. The predicted octanol–water partition coefficient (Wildman–Crippen LogP) is 0.203. The third-order valence-electron chi connectivity index (χ3n) is 3.13. The molecule has 0 aliphatic carbocycles. The van der Waals surface area contributed by atoms with Crippen LogP contribution in [0.5, 0.6) is 0 Å². The lowest BCUT2D eigenvalue weighted by molar-refractivity contribution is -0.144. The number of piperazine rings is 1. The van der Waals surface area contributed by atoms with E-state index in [2.05, 4.69) is 5.32 Å². The topological polar surface area (TPSA) is 58.6 Å². The second-order valence-corrected chi connectivity index (χ2v) is 4.56. The van der Waals surface area contributed by atoms with Crippen molar-refractivity contribution in [3.63, 3.8) is 0 Å². The van der Waals surface area contributed by atoms with E-state index in [4.69, 9.17) is 4.74 Å². The maximum absolute atomic E-state index is 12.2. The molecule has 1 atom stereocenters. The van der Waals surface area contributed by atoms with Gasteiger partial charge in [0.05, 0.1) is 13.2 Å². The van der Waals surface area contributed by atoms with E-state index in [9.17, 15) is 9.59 Å². The van der Waals surface area contributed by atoms with Gasteiger partial charge in [-0.25, -0.2) is 0 Å². The molecule has 0 spiro atoms. The van der Waals surface area contributed by atoms with E-state index >= 15 is 0 Å². The monoisotopic (exact) mass is 262 g/mol. The van der Waals surface area contributed by atoms with Crippen molar-refractivity contribution in [3.8, 4) is 0 Å². The average Bonchev–Trinajstić information content (AvgIpc) is 2.42. The lowest BCUT2D eigenvalue weighted by Crippen LogP contribution is -2.59. The number of nitrogens with one attached hydrogen (secondary N) is 1. The highest BCUT2D eigenvalue weighted by molar-refractivity contribution is 5.95. The number of carbonyl (C=O) groups is 2. The Bertz CT molecular complexity index is 447. The molecule has 1 N–H and O–H groups in total. The number of hydrogen-bond donors (Lipinski definition) is 1. The van der Waals surface area contributed by atoms with Crippen molar-refractivity contribution in [1.29, 1.82) is 0 Å². The Labute approximate surface area is 112 Å². The zero-order chi connectivity index (χ0) is 13.7.